The highest BCUT2D eigenvalue weighted by Crippen LogP contribution is 2.31. The molecule has 1 fully saturated rings. The minimum atomic E-state index is -3.97. The van der Waals surface area contributed by atoms with Gasteiger partial charge in [0.15, 0.2) is 5.65 Å². The van der Waals surface area contributed by atoms with Crippen molar-refractivity contribution in [3.8, 4) is 11.4 Å². The largest absolute Gasteiger partial charge is 0.351 e. The van der Waals surface area contributed by atoms with Crippen molar-refractivity contribution in [2.45, 2.75) is 63.4 Å². The van der Waals surface area contributed by atoms with Crippen LogP contribution in [0.3, 0.4) is 0 Å². The molecule has 4 aromatic rings. The number of nitrogens with zero attached hydrogens (tertiary/aromatic N) is 5. The molecule has 0 aliphatic heterocycles. The molecule has 1 aliphatic carbocycles. The van der Waals surface area contributed by atoms with Gasteiger partial charge in [-0.3, -0.25) is 4.72 Å². The van der Waals surface area contributed by atoms with Gasteiger partial charge in [-0.25, -0.2) is 27.2 Å². The maximum absolute atomic E-state index is 14.8. The summed E-state index contributed by atoms with van der Waals surface area (Å²) in [6.07, 6.45) is 5.97. The highest BCUT2D eigenvalue weighted by atomic mass is 32.2. The Hall–Kier alpha value is -3.64. The van der Waals surface area contributed by atoms with E-state index in [1.165, 1.54) is 36.4 Å². The summed E-state index contributed by atoms with van der Waals surface area (Å²) in [7, 11) is 0.262. The third-order valence-electron chi connectivity index (χ3n) is 7.47. The molecule has 0 bridgehead atoms. The minimum absolute atomic E-state index is 0.0445. The lowest BCUT2D eigenvalue weighted by atomic mass is 9.91. The molecule has 1 aliphatic rings. The zero-order valence-corrected chi connectivity index (χ0v) is 24.4. The van der Waals surface area contributed by atoms with Crippen molar-refractivity contribution in [2.75, 3.05) is 24.1 Å². The molecule has 0 atom stereocenters. The molecule has 2 aromatic heterocycles. The van der Waals surface area contributed by atoms with Crippen LogP contribution in [0.2, 0.25) is 0 Å². The average molecular weight is 584 g/mol. The Morgan fingerprint density at radius 3 is 2.39 bits per heavy atom. The van der Waals surface area contributed by atoms with Gasteiger partial charge in [0.05, 0.1) is 17.6 Å². The number of halogens is 2. The van der Waals surface area contributed by atoms with Crippen LogP contribution in [0.4, 0.5) is 20.4 Å². The van der Waals surface area contributed by atoms with Gasteiger partial charge in [-0.1, -0.05) is 12.1 Å². The topological polar surface area (TPSA) is 105 Å². The highest BCUT2D eigenvalue weighted by Gasteiger charge is 2.24. The van der Waals surface area contributed by atoms with Crippen molar-refractivity contribution in [1.82, 2.24) is 24.4 Å². The van der Waals surface area contributed by atoms with Crippen molar-refractivity contribution in [3.05, 3.63) is 65.9 Å². The quantitative estimate of drug-likeness (QED) is 0.265. The second-order valence-electron chi connectivity index (χ2n) is 11.1. The number of anilines is 2. The molecule has 0 unspecified atom stereocenters. The molecule has 1 saturated carbocycles. The number of hydrogen-bond donors (Lipinski definition) is 2. The highest BCUT2D eigenvalue weighted by molar-refractivity contribution is 7.91. The van der Waals surface area contributed by atoms with Crippen LogP contribution in [0.5, 0.6) is 0 Å². The van der Waals surface area contributed by atoms with Crippen LogP contribution in [-0.2, 0) is 15.8 Å². The molecule has 0 radical (unpaired) electrons. The van der Waals surface area contributed by atoms with E-state index in [9.17, 15) is 17.2 Å². The van der Waals surface area contributed by atoms with Crippen molar-refractivity contribution >= 4 is 32.8 Å². The molecule has 5 rings (SSSR count). The van der Waals surface area contributed by atoms with E-state index in [-0.39, 0.29) is 11.7 Å². The maximum Gasteiger partial charge on any atom is 0.237 e. The number of hydrogen-bond acceptors (Lipinski definition) is 7. The lowest BCUT2D eigenvalue weighted by Crippen LogP contribution is -2.36. The molecule has 0 spiro atoms. The molecule has 0 amide bonds. The summed E-state index contributed by atoms with van der Waals surface area (Å²) >= 11 is 0. The molecular weight excluding hydrogens is 548 g/mol. The summed E-state index contributed by atoms with van der Waals surface area (Å²) in [5.41, 5.74) is 1.92. The van der Waals surface area contributed by atoms with Gasteiger partial charge in [-0.05, 0) is 89.5 Å². The third-order valence-corrected chi connectivity index (χ3v) is 8.71. The Morgan fingerprint density at radius 1 is 1.02 bits per heavy atom. The molecule has 2 N–H and O–H groups in total. The normalized spacial score (nSPS) is 17.9. The minimum Gasteiger partial charge on any atom is -0.351 e. The van der Waals surface area contributed by atoms with Gasteiger partial charge in [0.1, 0.15) is 23.0 Å². The molecule has 9 nitrogen and oxygen atoms in total. The standard InChI is InChI=1S/C29H35F2N7O2S/c1-18(2)38-27(34-26-16-32-29(35-28(26)38)33-22-10-12-23(13-11-22)37(3)4)20-7-14-24(31)25(15-20)36-41(39,40)17-19-5-8-21(30)9-6-19/h5-9,14-16,18,22-23,36H,10-13,17H2,1-4H3,(H,32,33,35). The summed E-state index contributed by atoms with van der Waals surface area (Å²) < 4.78 is 57.9. The van der Waals surface area contributed by atoms with Crippen molar-refractivity contribution < 1.29 is 17.2 Å². The van der Waals surface area contributed by atoms with Crippen LogP contribution in [0.15, 0.2) is 48.7 Å². The molecule has 0 saturated heterocycles. The van der Waals surface area contributed by atoms with Crippen LogP contribution >= 0.6 is 0 Å². The Kier molecular flexibility index (Phi) is 8.23. The van der Waals surface area contributed by atoms with Crippen LogP contribution in [0.1, 0.15) is 51.1 Å². The van der Waals surface area contributed by atoms with Gasteiger partial charge < -0.3 is 14.8 Å². The summed E-state index contributed by atoms with van der Waals surface area (Å²) in [5, 5.41) is 3.48. The van der Waals surface area contributed by atoms with Gasteiger partial charge in [0.2, 0.25) is 16.0 Å². The van der Waals surface area contributed by atoms with E-state index in [0.717, 1.165) is 25.7 Å². The van der Waals surface area contributed by atoms with Gasteiger partial charge in [-0.2, -0.15) is 4.98 Å². The third kappa shape index (κ3) is 6.65. The average Bonchev–Trinajstić information content (AvgIpc) is 3.30. The van der Waals surface area contributed by atoms with Gasteiger partial charge in [0, 0.05) is 23.7 Å². The van der Waals surface area contributed by atoms with Crippen LogP contribution in [0, 0.1) is 11.6 Å². The molecular formula is C29H35F2N7O2S. The molecule has 41 heavy (non-hydrogen) atoms. The summed E-state index contributed by atoms with van der Waals surface area (Å²) in [6, 6.07) is 10.2. The monoisotopic (exact) mass is 583 g/mol. The van der Waals surface area contributed by atoms with E-state index in [1.807, 2.05) is 18.4 Å². The fourth-order valence-electron chi connectivity index (χ4n) is 5.32. The zero-order chi connectivity index (χ0) is 29.3. The fourth-order valence-corrected chi connectivity index (χ4v) is 6.51. The first-order valence-corrected chi connectivity index (χ1v) is 15.4. The molecule has 2 heterocycles. The van der Waals surface area contributed by atoms with Crippen LogP contribution in [0.25, 0.3) is 22.6 Å². The number of sulfonamides is 1. The van der Waals surface area contributed by atoms with Gasteiger partial charge >= 0.3 is 0 Å². The van der Waals surface area contributed by atoms with Crippen molar-refractivity contribution in [2.24, 2.45) is 0 Å². The maximum atomic E-state index is 14.8. The Labute approximate surface area is 239 Å². The Bertz CT molecular complexity index is 1630. The molecule has 12 heteroatoms. The summed E-state index contributed by atoms with van der Waals surface area (Å²) in [5.74, 6) is -0.562. The fraction of sp³-hybridized carbons (Fsp3) is 0.414. The molecule has 2 aromatic carbocycles. The summed E-state index contributed by atoms with van der Waals surface area (Å²) in [6.45, 7) is 4.00. The number of imidazole rings is 1. The molecule has 218 valence electrons. The summed E-state index contributed by atoms with van der Waals surface area (Å²) in [4.78, 5) is 16.3. The second kappa shape index (κ2) is 11.7. The lowest BCUT2D eigenvalue weighted by Gasteiger charge is -2.32. The van der Waals surface area contributed by atoms with E-state index in [4.69, 9.17) is 9.97 Å². The van der Waals surface area contributed by atoms with Gasteiger partial charge in [-0.15, -0.1) is 0 Å². The van der Waals surface area contributed by atoms with Crippen LogP contribution < -0.4 is 10.0 Å². The first-order chi connectivity index (χ1) is 19.5. The number of rotatable bonds is 9. The van der Waals surface area contributed by atoms with E-state index < -0.39 is 27.4 Å². The zero-order valence-electron chi connectivity index (χ0n) is 23.6. The number of benzene rings is 2. The Morgan fingerprint density at radius 2 is 1.73 bits per heavy atom. The Balaban J connectivity index is 1.41. The van der Waals surface area contributed by atoms with E-state index in [2.05, 4.69) is 34.0 Å². The van der Waals surface area contributed by atoms with Crippen molar-refractivity contribution in [3.63, 3.8) is 0 Å². The first kappa shape index (κ1) is 28.9. The van der Waals surface area contributed by atoms with E-state index >= 15 is 0 Å². The lowest BCUT2D eigenvalue weighted by molar-refractivity contribution is 0.221. The van der Waals surface area contributed by atoms with E-state index in [1.54, 1.807) is 12.3 Å². The van der Waals surface area contributed by atoms with Crippen LogP contribution in [-0.4, -0.2) is 59.0 Å². The van der Waals surface area contributed by atoms with E-state index in [0.29, 0.717) is 46.1 Å². The van der Waals surface area contributed by atoms with Gasteiger partial charge in [0.25, 0.3) is 0 Å². The number of aromatic nitrogens is 4. The predicted octanol–water partition coefficient (Wildman–Crippen LogP) is 5.58. The predicted molar refractivity (Wildman–Crippen MR) is 157 cm³/mol. The van der Waals surface area contributed by atoms with Crippen molar-refractivity contribution in [1.29, 1.82) is 0 Å². The first-order valence-electron chi connectivity index (χ1n) is 13.7. The number of nitrogens with one attached hydrogen (secondary N) is 2. The SMILES string of the molecule is CC(C)n1c(-c2ccc(F)c(NS(=O)(=O)Cc3ccc(F)cc3)c2)nc2cnc(NC3CCC(N(C)C)CC3)nc21. The number of fused-ring (bicyclic) bond motifs is 1. The second-order valence-corrected chi connectivity index (χ2v) is 12.8. The smallest absolute Gasteiger partial charge is 0.237 e.